The molecule has 304 valence electrons. The Kier molecular flexibility index (Phi) is 16.1. The molecule has 16 heteroatoms. The predicted octanol–water partition coefficient (Wildman–Crippen LogP) is 11.4. The predicted molar refractivity (Wildman–Crippen MR) is 200 cm³/mol. The first-order valence-corrected chi connectivity index (χ1v) is 18.7. The quantitative estimate of drug-likeness (QED) is 0.0417. The average Bonchev–Trinajstić information content (AvgIpc) is 3.06. The van der Waals surface area contributed by atoms with Crippen molar-refractivity contribution in [2.45, 2.75) is 108 Å². The summed E-state index contributed by atoms with van der Waals surface area (Å²) < 4.78 is 92.7. The number of hydrogen-bond acceptors (Lipinski definition) is 8. The molecule has 0 aliphatic carbocycles. The summed E-state index contributed by atoms with van der Waals surface area (Å²) in [5.74, 6) is -0.549. The number of allylic oxidation sites excluding steroid dienone is 1. The van der Waals surface area contributed by atoms with Gasteiger partial charge in [0, 0.05) is 42.3 Å². The van der Waals surface area contributed by atoms with Crippen molar-refractivity contribution >= 4 is 35.1 Å². The molecule has 9 nitrogen and oxygen atoms in total. The summed E-state index contributed by atoms with van der Waals surface area (Å²) in [6.07, 6.45) is -8.05. The fourth-order valence-corrected chi connectivity index (χ4v) is 6.49. The molecule has 0 spiro atoms. The maximum absolute atomic E-state index is 14.1. The monoisotopic (exact) mass is 810 g/mol. The second-order valence-corrected chi connectivity index (χ2v) is 15.2. The molecule has 0 aromatic heterocycles. The average molecular weight is 811 g/mol. The number of benzene rings is 3. The molecule has 3 aromatic rings. The number of halogens is 6. The number of thioether (sulfide) groups is 1. The summed E-state index contributed by atoms with van der Waals surface area (Å²) in [5, 5.41) is 13.7. The van der Waals surface area contributed by atoms with E-state index in [0.717, 1.165) is 18.2 Å². The Morgan fingerprint density at radius 1 is 0.786 bits per heavy atom. The minimum Gasteiger partial charge on any atom is -0.457 e. The summed E-state index contributed by atoms with van der Waals surface area (Å²) in [7, 11) is 0. The zero-order chi connectivity index (χ0) is 41.8. The Morgan fingerprint density at radius 3 is 1.91 bits per heavy atom. The van der Waals surface area contributed by atoms with Crippen molar-refractivity contribution in [1.29, 1.82) is 0 Å². The van der Waals surface area contributed by atoms with Crippen molar-refractivity contribution in [3.8, 4) is 11.5 Å². The fourth-order valence-electron chi connectivity index (χ4n) is 5.44. The minimum atomic E-state index is -4.86. The van der Waals surface area contributed by atoms with E-state index in [1.54, 1.807) is 20.8 Å². The largest absolute Gasteiger partial charge is 0.457 e. The van der Waals surface area contributed by atoms with Crippen LogP contribution in [0.3, 0.4) is 0 Å². The molecular weight excluding hydrogens is 767 g/mol. The van der Waals surface area contributed by atoms with E-state index in [4.69, 9.17) is 9.47 Å². The Balaban J connectivity index is 1.70. The van der Waals surface area contributed by atoms with Gasteiger partial charge in [0.2, 0.25) is 0 Å². The van der Waals surface area contributed by atoms with Crippen molar-refractivity contribution in [3.05, 3.63) is 105 Å². The molecule has 0 atom stereocenters. The number of Topliss-reactive ketones (excluding diaryl/α,β-unsaturated/α-hetero) is 2. The van der Waals surface area contributed by atoms with Gasteiger partial charge in [0.05, 0.1) is 22.1 Å². The SMILES string of the molecule is C=C(CCCCCC(=O)Cc1cc(C(F)(F)F)cc(CC(=O)Cc2ccc(Oc3cc([N+](=O)[O-])cc(C(F)(F)F)c3)cc2)c1SCCC)NC(=O)OC(C)(C)C. The van der Waals surface area contributed by atoms with Crippen LogP contribution in [0.4, 0.5) is 36.8 Å². The van der Waals surface area contributed by atoms with E-state index >= 15 is 0 Å². The van der Waals surface area contributed by atoms with Gasteiger partial charge in [-0.25, -0.2) is 4.79 Å². The number of rotatable bonds is 19. The number of nitrogens with zero attached hydrogens (tertiary/aromatic N) is 1. The summed E-state index contributed by atoms with van der Waals surface area (Å²) in [5.41, 5.74) is -2.49. The third kappa shape index (κ3) is 15.3. The number of nitro groups is 1. The number of hydrogen-bond donors (Lipinski definition) is 1. The van der Waals surface area contributed by atoms with Crippen molar-refractivity contribution in [2.75, 3.05) is 5.75 Å². The highest BCUT2D eigenvalue weighted by Crippen LogP contribution is 2.38. The lowest BCUT2D eigenvalue weighted by Crippen LogP contribution is -2.31. The number of unbranched alkanes of at least 4 members (excludes halogenated alkanes) is 2. The molecule has 0 saturated heterocycles. The van der Waals surface area contributed by atoms with E-state index in [0.29, 0.717) is 66.1 Å². The number of carbonyl (C=O) groups is 3. The van der Waals surface area contributed by atoms with E-state index in [1.165, 1.54) is 36.0 Å². The van der Waals surface area contributed by atoms with Crippen LogP contribution >= 0.6 is 11.8 Å². The van der Waals surface area contributed by atoms with Gasteiger partial charge in [-0.05, 0) is 99.2 Å². The number of ketones is 2. The zero-order valence-corrected chi connectivity index (χ0v) is 32.3. The molecule has 56 heavy (non-hydrogen) atoms. The molecule has 0 saturated carbocycles. The van der Waals surface area contributed by atoms with Crippen molar-refractivity contribution < 1.29 is 55.1 Å². The highest BCUT2D eigenvalue weighted by atomic mass is 32.2. The van der Waals surface area contributed by atoms with Gasteiger partial charge in [-0.1, -0.05) is 32.1 Å². The molecule has 0 aliphatic rings. The zero-order valence-electron chi connectivity index (χ0n) is 31.5. The molecule has 3 aromatic carbocycles. The molecule has 3 rings (SSSR count). The number of alkyl halides is 6. The lowest BCUT2D eigenvalue weighted by Gasteiger charge is -2.20. The summed E-state index contributed by atoms with van der Waals surface area (Å²) in [6.45, 7) is 10.9. The van der Waals surface area contributed by atoms with Crippen LogP contribution in [0.5, 0.6) is 11.5 Å². The first-order valence-electron chi connectivity index (χ1n) is 17.7. The van der Waals surface area contributed by atoms with E-state index in [-0.39, 0.29) is 48.3 Å². The Bertz CT molecular complexity index is 1890. The molecule has 0 heterocycles. The topological polar surface area (TPSA) is 125 Å². The van der Waals surface area contributed by atoms with Gasteiger partial charge in [0.15, 0.2) is 0 Å². The van der Waals surface area contributed by atoms with Gasteiger partial charge >= 0.3 is 18.4 Å². The van der Waals surface area contributed by atoms with Crippen LogP contribution < -0.4 is 10.1 Å². The van der Waals surface area contributed by atoms with E-state index in [9.17, 15) is 50.8 Å². The van der Waals surface area contributed by atoms with Crippen LogP contribution in [0.15, 0.2) is 71.8 Å². The number of non-ortho nitro benzene ring substituents is 1. The van der Waals surface area contributed by atoms with Gasteiger partial charge in [-0.15, -0.1) is 11.8 Å². The Hall–Kier alpha value is -4.86. The summed E-state index contributed by atoms with van der Waals surface area (Å²) >= 11 is 1.28. The van der Waals surface area contributed by atoms with Gasteiger partial charge in [0.25, 0.3) is 5.69 Å². The van der Waals surface area contributed by atoms with Gasteiger partial charge in [-0.2, -0.15) is 26.3 Å². The smallest absolute Gasteiger partial charge is 0.416 e. The molecule has 1 amide bonds. The lowest BCUT2D eigenvalue weighted by molar-refractivity contribution is -0.385. The van der Waals surface area contributed by atoms with E-state index in [2.05, 4.69) is 11.9 Å². The molecule has 0 unspecified atom stereocenters. The van der Waals surface area contributed by atoms with Crippen molar-refractivity contribution in [2.24, 2.45) is 0 Å². The van der Waals surface area contributed by atoms with Crippen LogP contribution in [-0.2, 0) is 45.9 Å². The number of nitrogens with one attached hydrogen (secondary N) is 1. The van der Waals surface area contributed by atoms with Crippen LogP contribution in [0.1, 0.15) is 94.0 Å². The molecule has 1 N–H and O–H groups in total. The fraction of sp³-hybridized carbons (Fsp3) is 0.425. The third-order valence-electron chi connectivity index (χ3n) is 7.90. The van der Waals surface area contributed by atoms with E-state index in [1.807, 2.05) is 6.92 Å². The number of nitro benzene ring substituents is 1. The third-order valence-corrected chi connectivity index (χ3v) is 9.32. The Morgan fingerprint density at radius 2 is 1.36 bits per heavy atom. The highest BCUT2D eigenvalue weighted by Gasteiger charge is 2.34. The second-order valence-electron chi connectivity index (χ2n) is 14.1. The van der Waals surface area contributed by atoms with Crippen LogP contribution in [0, 0.1) is 10.1 Å². The number of amides is 1. The van der Waals surface area contributed by atoms with Crippen LogP contribution in [0.25, 0.3) is 0 Å². The molecular formula is C40H44F6N2O7S. The normalized spacial score (nSPS) is 11.9. The lowest BCUT2D eigenvalue weighted by atomic mass is 9.95. The molecule has 0 bridgehead atoms. The van der Waals surface area contributed by atoms with Crippen LogP contribution in [-0.4, -0.2) is 33.9 Å². The maximum atomic E-state index is 14.1. The first-order chi connectivity index (χ1) is 26.0. The molecule has 0 fully saturated rings. The minimum absolute atomic E-state index is 0.0286. The number of ether oxygens (including phenoxy) is 2. The van der Waals surface area contributed by atoms with Crippen LogP contribution in [0.2, 0.25) is 0 Å². The van der Waals surface area contributed by atoms with Gasteiger partial charge in [0.1, 0.15) is 28.7 Å². The highest BCUT2D eigenvalue weighted by molar-refractivity contribution is 7.99. The second kappa shape index (κ2) is 19.8. The van der Waals surface area contributed by atoms with Crippen molar-refractivity contribution in [1.82, 2.24) is 5.32 Å². The number of carbonyl (C=O) groups excluding carboxylic acids is 3. The van der Waals surface area contributed by atoms with E-state index < -0.39 is 57.3 Å². The van der Waals surface area contributed by atoms with Gasteiger partial charge in [-0.3, -0.25) is 25.0 Å². The molecule has 0 aliphatic heterocycles. The van der Waals surface area contributed by atoms with Crippen molar-refractivity contribution in [3.63, 3.8) is 0 Å². The maximum Gasteiger partial charge on any atom is 0.416 e. The Labute approximate surface area is 325 Å². The first kappa shape index (κ1) is 45.5. The standard InChI is InChI=1S/C40H44F6N2O7S/c1-6-16-56-36-27(20-32(49)11-9-7-8-10-25(2)47-37(51)55-38(3,4)5)18-29(39(41,42)43)19-28(36)21-33(50)17-26-12-14-34(15-13-26)54-35-23-30(40(44,45)46)22-31(24-35)48(52)53/h12-15,18-19,22-24H,2,6-11,16-17,20-21H2,1,3-5H3,(H,47,51). The number of alkyl carbamates (subject to hydrolysis) is 1. The summed E-state index contributed by atoms with van der Waals surface area (Å²) in [4.78, 5) is 48.9. The van der Waals surface area contributed by atoms with Gasteiger partial charge < -0.3 is 9.47 Å². The summed E-state index contributed by atoms with van der Waals surface area (Å²) in [6, 6.07) is 9.34. The molecule has 0 radical (unpaired) electrons.